The molecule has 0 spiro atoms. The molecule has 0 aliphatic carbocycles. The molecule has 0 heterocycles. The highest BCUT2D eigenvalue weighted by atomic mass is 32.2. The number of unbranched alkanes of at least 4 members (excludes halogenated alkanes) is 1. The van der Waals surface area contributed by atoms with E-state index in [2.05, 4.69) is 12.2 Å². The van der Waals surface area contributed by atoms with Crippen LogP contribution in [0.5, 0.6) is 0 Å². The van der Waals surface area contributed by atoms with Crippen molar-refractivity contribution in [2.75, 3.05) is 12.3 Å². The maximum Gasteiger partial charge on any atom is 0.242 e. The number of hydrogen-bond donors (Lipinski definition) is 1. The summed E-state index contributed by atoms with van der Waals surface area (Å²) in [6, 6.07) is 19.1. The van der Waals surface area contributed by atoms with Gasteiger partial charge in [0.25, 0.3) is 0 Å². The molecule has 0 unspecified atom stereocenters. The molecule has 2 aromatic rings. The van der Waals surface area contributed by atoms with E-state index in [1.165, 1.54) is 11.8 Å². The van der Waals surface area contributed by atoms with Crippen molar-refractivity contribution in [1.82, 2.24) is 10.2 Å². The molecule has 0 saturated carbocycles. The van der Waals surface area contributed by atoms with Gasteiger partial charge in [-0.2, -0.15) is 0 Å². The van der Waals surface area contributed by atoms with E-state index >= 15 is 0 Å². The molecule has 0 bridgehead atoms. The second kappa shape index (κ2) is 11.4. The molecule has 2 rings (SSSR count). The predicted octanol–water partition coefficient (Wildman–Crippen LogP) is 4.11. The van der Waals surface area contributed by atoms with Gasteiger partial charge >= 0.3 is 0 Å². The molecule has 1 N–H and O–H groups in total. The topological polar surface area (TPSA) is 49.4 Å². The van der Waals surface area contributed by atoms with Crippen LogP contribution in [-0.4, -0.2) is 35.1 Å². The zero-order valence-corrected chi connectivity index (χ0v) is 16.9. The van der Waals surface area contributed by atoms with Gasteiger partial charge in [0.05, 0.1) is 5.75 Å². The minimum atomic E-state index is -0.508. The average molecular weight is 385 g/mol. The minimum absolute atomic E-state index is 0.0363. The van der Waals surface area contributed by atoms with E-state index in [1.807, 2.05) is 60.7 Å². The van der Waals surface area contributed by atoms with E-state index in [4.69, 9.17) is 0 Å². The maximum atomic E-state index is 12.9. The smallest absolute Gasteiger partial charge is 0.242 e. The molecule has 1 atom stereocenters. The van der Waals surface area contributed by atoms with E-state index in [0.717, 1.165) is 23.3 Å². The van der Waals surface area contributed by atoms with E-state index < -0.39 is 6.04 Å². The van der Waals surface area contributed by atoms with Crippen LogP contribution in [-0.2, 0) is 16.1 Å². The van der Waals surface area contributed by atoms with Gasteiger partial charge in [-0.15, -0.1) is 11.8 Å². The van der Waals surface area contributed by atoms with Crippen molar-refractivity contribution in [1.29, 1.82) is 0 Å². The molecule has 27 heavy (non-hydrogen) atoms. The van der Waals surface area contributed by atoms with Crippen LogP contribution in [0.3, 0.4) is 0 Å². The summed E-state index contributed by atoms with van der Waals surface area (Å²) in [6.45, 7) is 4.96. The summed E-state index contributed by atoms with van der Waals surface area (Å²) in [4.78, 5) is 28.2. The monoisotopic (exact) mass is 384 g/mol. The van der Waals surface area contributed by atoms with Crippen LogP contribution in [0.2, 0.25) is 0 Å². The number of hydrogen-bond acceptors (Lipinski definition) is 3. The first-order chi connectivity index (χ1) is 13.1. The highest BCUT2D eigenvalue weighted by Crippen LogP contribution is 2.19. The number of amides is 2. The van der Waals surface area contributed by atoms with Gasteiger partial charge in [0.1, 0.15) is 6.04 Å². The molecule has 2 aromatic carbocycles. The van der Waals surface area contributed by atoms with Gasteiger partial charge in [0.15, 0.2) is 0 Å². The highest BCUT2D eigenvalue weighted by Gasteiger charge is 2.25. The lowest BCUT2D eigenvalue weighted by Crippen LogP contribution is -2.48. The lowest BCUT2D eigenvalue weighted by Gasteiger charge is -2.28. The van der Waals surface area contributed by atoms with Crippen LogP contribution in [0.15, 0.2) is 65.6 Å². The molecule has 2 amide bonds. The number of nitrogens with zero attached hydrogens (tertiary/aromatic N) is 1. The van der Waals surface area contributed by atoms with E-state index in [1.54, 1.807) is 11.8 Å². The summed E-state index contributed by atoms with van der Waals surface area (Å²) in [5, 5.41) is 2.94. The normalized spacial score (nSPS) is 11.6. The summed E-state index contributed by atoms with van der Waals surface area (Å²) in [5.41, 5.74) is 1.02. The molecule has 0 fully saturated rings. The fourth-order valence-corrected chi connectivity index (χ4v) is 3.45. The van der Waals surface area contributed by atoms with Gasteiger partial charge < -0.3 is 10.2 Å². The first kappa shape index (κ1) is 21.0. The van der Waals surface area contributed by atoms with Crippen molar-refractivity contribution in [3.05, 3.63) is 66.2 Å². The van der Waals surface area contributed by atoms with Crippen molar-refractivity contribution in [3.63, 3.8) is 0 Å². The van der Waals surface area contributed by atoms with Crippen molar-refractivity contribution in [2.45, 2.75) is 44.2 Å². The maximum absolute atomic E-state index is 12.9. The Bertz CT molecular complexity index is 707. The van der Waals surface area contributed by atoms with Gasteiger partial charge in [0, 0.05) is 18.0 Å². The summed E-state index contributed by atoms with van der Waals surface area (Å²) >= 11 is 1.50. The van der Waals surface area contributed by atoms with E-state index in [0.29, 0.717) is 18.8 Å². The predicted molar refractivity (Wildman–Crippen MR) is 112 cm³/mol. The quantitative estimate of drug-likeness (QED) is 0.495. The molecule has 0 aliphatic rings. The standard InChI is InChI=1S/C22H28N2O2S/c1-3-4-15-23-22(26)18(2)24(16-19-11-7-5-8-12-19)21(25)17-27-20-13-9-6-10-14-20/h5-14,18H,3-4,15-17H2,1-2H3,(H,23,26)/t18-/m0/s1. The summed E-state index contributed by atoms with van der Waals surface area (Å²) in [5.74, 6) is 0.173. The third kappa shape index (κ3) is 7.10. The Morgan fingerprint density at radius 2 is 1.67 bits per heavy atom. The van der Waals surface area contributed by atoms with Crippen LogP contribution in [0.1, 0.15) is 32.3 Å². The Balaban J connectivity index is 2.05. The molecule has 0 saturated heterocycles. The first-order valence-electron chi connectivity index (χ1n) is 9.40. The van der Waals surface area contributed by atoms with Crippen molar-refractivity contribution >= 4 is 23.6 Å². The van der Waals surface area contributed by atoms with Crippen molar-refractivity contribution in [3.8, 4) is 0 Å². The van der Waals surface area contributed by atoms with Gasteiger partial charge in [-0.3, -0.25) is 9.59 Å². The molecular weight excluding hydrogens is 356 g/mol. The second-order valence-corrected chi connectivity index (χ2v) is 7.48. The largest absolute Gasteiger partial charge is 0.354 e. The molecule has 0 aromatic heterocycles. The van der Waals surface area contributed by atoms with Crippen LogP contribution in [0.4, 0.5) is 0 Å². The molecule has 0 aliphatic heterocycles. The SMILES string of the molecule is CCCCNC(=O)[C@H](C)N(Cc1ccccc1)C(=O)CSc1ccccc1. The van der Waals surface area contributed by atoms with Crippen molar-refractivity contribution in [2.24, 2.45) is 0 Å². The third-order valence-electron chi connectivity index (χ3n) is 4.30. The molecule has 0 radical (unpaired) electrons. The lowest BCUT2D eigenvalue weighted by molar-refractivity contribution is -0.138. The number of carbonyl (C=O) groups is 2. The second-order valence-electron chi connectivity index (χ2n) is 6.43. The van der Waals surface area contributed by atoms with Crippen LogP contribution < -0.4 is 5.32 Å². The highest BCUT2D eigenvalue weighted by molar-refractivity contribution is 8.00. The lowest BCUT2D eigenvalue weighted by atomic mass is 10.1. The molecule has 5 heteroatoms. The Morgan fingerprint density at radius 1 is 1.04 bits per heavy atom. The first-order valence-corrected chi connectivity index (χ1v) is 10.4. The molecular formula is C22H28N2O2S. The Labute approximate surface area is 166 Å². The average Bonchev–Trinajstić information content (AvgIpc) is 2.71. The number of benzene rings is 2. The fraction of sp³-hybridized carbons (Fsp3) is 0.364. The van der Waals surface area contributed by atoms with Crippen molar-refractivity contribution < 1.29 is 9.59 Å². The number of thioether (sulfide) groups is 1. The summed E-state index contributed by atoms with van der Waals surface area (Å²) in [7, 11) is 0. The number of carbonyl (C=O) groups excluding carboxylic acids is 2. The Hall–Kier alpha value is -2.27. The van der Waals surface area contributed by atoms with Crippen LogP contribution in [0.25, 0.3) is 0 Å². The zero-order chi connectivity index (χ0) is 19.5. The number of rotatable bonds is 10. The summed E-state index contributed by atoms with van der Waals surface area (Å²) in [6.07, 6.45) is 1.96. The minimum Gasteiger partial charge on any atom is -0.354 e. The third-order valence-corrected chi connectivity index (χ3v) is 5.29. The zero-order valence-electron chi connectivity index (χ0n) is 16.1. The van der Waals surface area contributed by atoms with Gasteiger partial charge in [-0.05, 0) is 31.0 Å². The van der Waals surface area contributed by atoms with Gasteiger partial charge in [-0.1, -0.05) is 61.9 Å². The Morgan fingerprint density at radius 3 is 2.30 bits per heavy atom. The van der Waals surface area contributed by atoms with Crippen LogP contribution in [0, 0.1) is 0 Å². The van der Waals surface area contributed by atoms with Gasteiger partial charge in [0.2, 0.25) is 11.8 Å². The van der Waals surface area contributed by atoms with Crippen LogP contribution >= 0.6 is 11.8 Å². The fourth-order valence-electron chi connectivity index (χ4n) is 2.64. The Kier molecular flexibility index (Phi) is 8.92. The molecule has 144 valence electrons. The summed E-state index contributed by atoms with van der Waals surface area (Å²) < 4.78 is 0. The van der Waals surface area contributed by atoms with Gasteiger partial charge in [-0.25, -0.2) is 0 Å². The van der Waals surface area contributed by atoms with E-state index in [9.17, 15) is 9.59 Å². The number of nitrogens with one attached hydrogen (secondary N) is 1. The van der Waals surface area contributed by atoms with E-state index in [-0.39, 0.29) is 11.8 Å². The molecule has 4 nitrogen and oxygen atoms in total.